The highest BCUT2D eigenvalue weighted by Gasteiger charge is 2.39. The normalized spacial score (nSPS) is 14.7. The van der Waals surface area contributed by atoms with E-state index in [1.807, 2.05) is 19.9 Å². The minimum absolute atomic E-state index is 0.264. The summed E-state index contributed by atoms with van der Waals surface area (Å²) in [6, 6.07) is 6.68. The van der Waals surface area contributed by atoms with Crippen LogP contribution in [0, 0.1) is 0 Å². The molecule has 2 atom stereocenters. The molecule has 116 valence electrons. The van der Waals surface area contributed by atoms with Crippen LogP contribution < -0.4 is 10.2 Å². The molecule has 0 radical (unpaired) electrons. The Hall–Kier alpha value is -1.66. The molecule has 1 aromatic carbocycles. The van der Waals surface area contributed by atoms with Gasteiger partial charge in [-0.1, -0.05) is 11.6 Å². The van der Waals surface area contributed by atoms with Crippen LogP contribution in [0.25, 0.3) is 0 Å². The second kappa shape index (κ2) is 7.38. The lowest BCUT2D eigenvalue weighted by Crippen LogP contribution is -2.46. The first-order chi connectivity index (χ1) is 9.85. The maximum Gasteiger partial charge on any atom is 0.262 e. The highest BCUT2D eigenvalue weighted by molar-refractivity contribution is 7.87. The van der Waals surface area contributed by atoms with Crippen LogP contribution in [-0.2, 0) is 15.6 Å². The van der Waals surface area contributed by atoms with E-state index in [1.54, 1.807) is 43.8 Å². The van der Waals surface area contributed by atoms with E-state index in [4.69, 9.17) is 9.94 Å². The summed E-state index contributed by atoms with van der Waals surface area (Å²) >= 11 is 0. The highest BCUT2D eigenvalue weighted by Crippen LogP contribution is 2.27. The van der Waals surface area contributed by atoms with Gasteiger partial charge in [0.2, 0.25) is 0 Å². The number of allylic oxidation sites excluding steroid dienone is 2. The summed E-state index contributed by atoms with van der Waals surface area (Å²) < 4.78 is 16.6. The molecule has 5 nitrogen and oxygen atoms in total. The Kier molecular flexibility index (Phi) is 6.11. The molecule has 0 spiro atoms. The van der Waals surface area contributed by atoms with Crippen LogP contribution >= 0.6 is 0 Å². The van der Waals surface area contributed by atoms with Crippen molar-refractivity contribution < 1.29 is 18.9 Å². The van der Waals surface area contributed by atoms with Crippen molar-refractivity contribution in [3.8, 4) is 5.75 Å². The molecule has 0 aromatic heterocycles. The molecule has 0 aliphatic heterocycles. The average molecular weight is 311 g/mol. The molecule has 0 aliphatic rings. The molecule has 1 amide bonds. The number of carbonyl (C=O) groups is 1. The Morgan fingerprint density at radius 2 is 1.95 bits per heavy atom. The van der Waals surface area contributed by atoms with Gasteiger partial charge in [-0.25, -0.2) is 5.48 Å². The molecule has 21 heavy (non-hydrogen) atoms. The number of rotatable bonds is 6. The summed E-state index contributed by atoms with van der Waals surface area (Å²) in [6.45, 7) is 5.36. The van der Waals surface area contributed by atoms with Gasteiger partial charge in [0.05, 0.1) is 17.9 Å². The number of methoxy groups -OCH3 is 1. The van der Waals surface area contributed by atoms with Gasteiger partial charge < -0.3 is 4.74 Å². The number of hydrogen-bond donors (Lipinski definition) is 2. The molecule has 1 rings (SSSR count). The Labute approximate surface area is 127 Å². The first kappa shape index (κ1) is 17.4. The zero-order chi connectivity index (χ0) is 16.0. The van der Waals surface area contributed by atoms with E-state index >= 15 is 0 Å². The van der Waals surface area contributed by atoms with Gasteiger partial charge in [-0.3, -0.25) is 14.2 Å². The molecule has 0 saturated heterocycles. The van der Waals surface area contributed by atoms with Crippen LogP contribution in [0.5, 0.6) is 5.75 Å². The fourth-order valence-electron chi connectivity index (χ4n) is 1.73. The summed E-state index contributed by atoms with van der Waals surface area (Å²) in [4.78, 5) is 12.5. The van der Waals surface area contributed by atoms with Crippen molar-refractivity contribution in [2.75, 3.05) is 7.11 Å². The lowest BCUT2D eigenvalue weighted by Gasteiger charge is -2.25. The fraction of sp³-hybridized carbons (Fsp3) is 0.400. The molecule has 6 heteroatoms. The van der Waals surface area contributed by atoms with Gasteiger partial charge in [-0.15, -0.1) is 0 Å². The summed E-state index contributed by atoms with van der Waals surface area (Å²) in [5, 5.41) is 8.94. The van der Waals surface area contributed by atoms with Crippen LogP contribution in [-0.4, -0.2) is 27.2 Å². The van der Waals surface area contributed by atoms with Crippen molar-refractivity contribution in [2.45, 2.75) is 36.8 Å². The van der Waals surface area contributed by atoms with E-state index in [0.29, 0.717) is 10.6 Å². The number of carbonyl (C=O) groups excluding carboxylic acids is 1. The third-order valence-corrected chi connectivity index (χ3v) is 5.04. The minimum atomic E-state index is -1.62. The molecule has 0 bridgehead atoms. The van der Waals surface area contributed by atoms with Crippen LogP contribution in [0.4, 0.5) is 0 Å². The number of nitrogens with one attached hydrogen (secondary N) is 1. The maximum absolute atomic E-state index is 12.7. The van der Waals surface area contributed by atoms with E-state index in [0.717, 1.165) is 5.57 Å². The molecule has 0 saturated carbocycles. The summed E-state index contributed by atoms with van der Waals surface area (Å²) in [5.74, 6) is -0.0255. The van der Waals surface area contributed by atoms with Gasteiger partial charge in [0.1, 0.15) is 10.5 Å². The second-order valence-electron chi connectivity index (χ2n) is 5.10. The average Bonchev–Trinajstić information content (AvgIpc) is 2.51. The zero-order valence-corrected chi connectivity index (χ0v) is 13.5. The van der Waals surface area contributed by atoms with Crippen molar-refractivity contribution in [3.05, 3.63) is 35.9 Å². The Morgan fingerprint density at radius 1 is 1.38 bits per heavy atom. The van der Waals surface area contributed by atoms with Gasteiger partial charge in [0.15, 0.2) is 0 Å². The standard InChI is InChI=1S/C15H21NO4S/c1-11(2)9-10-15(3,14(17)16-18)21(19)13-7-5-12(20-4)6-8-13/h5-9,18H,10H2,1-4H3,(H,16,17). The SMILES string of the molecule is COc1ccc(S(=O)C(C)(CC=C(C)C)C(=O)NO)cc1. The van der Waals surface area contributed by atoms with E-state index in [1.165, 1.54) is 0 Å². The number of benzene rings is 1. The second-order valence-corrected chi connectivity index (χ2v) is 7.01. The van der Waals surface area contributed by atoms with Crippen LogP contribution in [0.1, 0.15) is 27.2 Å². The van der Waals surface area contributed by atoms with Crippen LogP contribution in [0.2, 0.25) is 0 Å². The fourth-order valence-corrected chi connectivity index (χ4v) is 3.08. The van der Waals surface area contributed by atoms with E-state index in [2.05, 4.69) is 0 Å². The third-order valence-electron chi connectivity index (χ3n) is 3.16. The summed E-state index contributed by atoms with van der Waals surface area (Å²) in [5.41, 5.74) is 2.63. The molecule has 0 heterocycles. The van der Waals surface area contributed by atoms with Gasteiger partial charge in [0, 0.05) is 4.90 Å². The lowest BCUT2D eigenvalue weighted by molar-refractivity contribution is -0.131. The zero-order valence-electron chi connectivity index (χ0n) is 12.7. The molecule has 0 fully saturated rings. The number of hydroxylamine groups is 1. The van der Waals surface area contributed by atoms with E-state index < -0.39 is 21.5 Å². The predicted molar refractivity (Wildman–Crippen MR) is 81.8 cm³/mol. The summed E-state index contributed by atoms with van der Waals surface area (Å²) in [6.07, 6.45) is 2.09. The van der Waals surface area contributed by atoms with Crippen LogP contribution in [0.3, 0.4) is 0 Å². The molecule has 2 N–H and O–H groups in total. The van der Waals surface area contributed by atoms with Crippen molar-refractivity contribution >= 4 is 16.7 Å². The largest absolute Gasteiger partial charge is 0.497 e. The maximum atomic E-state index is 12.7. The number of amides is 1. The van der Waals surface area contributed by atoms with Gasteiger partial charge in [-0.2, -0.15) is 0 Å². The van der Waals surface area contributed by atoms with Gasteiger partial charge >= 0.3 is 0 Å². The quantitative estimate of drug-likeness (QED) is 0.480. The van der Waals surface area contributed by atoms with Crippen LogP contribution in [0.15, 0.2) is 40.8 Å². The van der Waals surface area contributed by atoms with Crippen molar-refractivity contribution in [3.63, 3.8) is 0 Å². The van der Waals surface area contributed by atoms with Crippen molar-refractivity contribution in [1.82, 2.24) is 5.48 Å². The number of hydrogen-bond acceptors (Lipinski definition) is 4. The highest BCUT2D eigenvalue weighted by atomic mass is 32.2. The lowest BCUT2D eigenvalue weighted by atomic mass is 10.0. The van der Waals surface area contributed by atoms with Gasteiger partial charge in [0.25, 0.3) is 5.91 Å². The van der Waals surface area contributed by atoms with E-state index in [-0.39, 0.29) is 6.42 Å². The first-order valence-electron chi connectivity index (χ1n) is 6.49. The minimum Gasteiger partial charge on any atom is -0.497 e. The van der Waals surface area contributed by atoms with E-state index in [9.17, 15) is 9.00 Å². The molecular weight excluding hydrogens is 290 g/mol. The Balaban J connectivity index is 3.15. The molecule has 1 aromatic rings. The Morgan fingerprint density at radius 3 is 2.38 bits per heavy atom. The monoisotopic (exact) mass is 311 g/mol. The van der Waals surface area contributed by atoms with Crippen molar-refractivity contribution in [1.29, 1.82) is 0 Å². The summed E-state index contributed by atoms with van der Waals surface area (Å²) in [7, 11) is -0.0699. The molecular formula is C15H21NO4S. The van der Waals surface area contributed by atoms with Gasteiger partial charge in [-0.05, 0) is 51.5 Å². The van der Waals surface area contributed by atoms with Crippen molar-refractivity contribution in [2.24, 2.45) is 0 Å². The number of ether oxygens (including phenoxy) is 1. The smallest absolute Gasteiger partial charge is 0.262 e. The Bertz CT molecular complexity index is 549. The first-order valence-corrected chi connectivity index (χ1v) is 7.64. The molecule has 0 aliphatic carbocycles. The molecule has 2 unspecified atom stereocenters. The predicted octanol–water partition coefficient (Wildman–Crippen LogP) is 2.42. The third kappa shape index (κ3) is 4.15. The topological polar surface area (TPSA) is 75.6 Å².